The molecule has 0 bridgehead atoms. The molecule has 3 rings (SSSR count). The zero-order valence-electron chi connectivity index (χ0n) is 12.5. The van der Waals surface area contributed by atoms with Gasteiger partial charge in [0, 0.05) is 16.7 Å². The first kappa shape index (κ1) is 14.1. The highest BCUT2D eigenvalue weighted by Crippen LogP contribution is 2.28. The molecule has 0 saturated carbocycles. The number of nitrogens with one attached hydrogen (secondary N) is 1. The van der Waals surface area contributed by atoms with Crippen molar-refractivity contribution in [2.45, 2.75) is 13.3 Å². The highest BCUT2D eigenvalue weighted by atomic mass is 16.3. The number of benzene rings is 2. The Balaban J connectivity index is 1.87. The SMILES string of the molecule is CCc1ccc(-c2ccc(-c3ccc(C(=N)N)cc3)o2)cc1. The summed E-state index contributed by atoms with van der Waals surface area (Å²) in [4.78, 5) is 0. The normalized spacial score (nSPS) is 10.6. The van der Waals surface area contributed by atoms with Gasteiger partial charge in [0.25, 0.3) is 0 Å². The van der Waals surface area contributed by atoms with Crippen LogP contribution in [0.5, 0.6) is 0 Å². The van der Waals surface area contributed by atoms with Crippen molar-refractivity contribution in [2.75, 3.05) is 0 Å². The molecule has 0 atom stereocenters. The molecule has 0 amide bonds. The number of nitrogens with two attached hydrogens (primary N) is 1. The predicted octanol–water partition coefficient (Wildman–Crippen LogP) is 4.46. The molecule has 110 valence electrons. The lowest BCUT2D eigenvalue weighted by atomic mass is 10.1. The maximum absolute atomic E-state index is 7.41. The van der Waals surface area contributed by atoms with E-state index in [2.05, 4.69) is 31.2 Å². The Hall–Kier alpha value is -2.81. The Labute approximate surface area is 129 Å². The lowest BCUT2D eigenvalue weighted by Gasteiger charge is -2.02. The Morgan fingerprint density at radius 1 is 0.864 bits per heavy atom. The third-order valence-corrected chi connectivity index (χ3v) is 3.73. The molecule has 0 fully saturated rings. The van der Waals surface area contributed by atoms with Crippen molar-refractivity contribution in [2.24, 2.45) is 5.73 Å². The van der Waals surface area contributed by atoms with E-state index in [1.54, 1.807) is 0 Å². The first-order valence-corrected chi connectivity index (χ1v) is 7.31. The molecule has 0 aliphatic rings. The summed E-state index contributed by atoms with van der Waals surface area (Å²) >= 11 is 0. The minimum Gasteiger partial charge on any atom is -0.456 e. The summed E-state index contributed by atoms with van der Waals surface area (Å²) < 4.78 is 5.94. The molecule has 1 heterocycles. The van der Waals surface area contributed by atoms with E-state index in [0.717, 1.165) is 29.1 Å². The molecular weight excluding hydrogens is 272 g/mol. The number of amidine groups is 1. The van der Waals surface area contributed by atoms with Crippen LogP contribution in [0.2, 0.25) is 0 Å². The minimum absolute atomic E-state index is 0.0719. The van der Waals surface area contributed by atoms with Crippen molar-refractivity contribution in [1.82, 2.24) is 0 Å². The molecule has 0 aliphatic heterocycles. The molecule has 0 spiro atoms. The molecule has 0 unspecified atom stereocenters. The van der Waals surface area contributed by atoms with E-state index in [1.165, 1.54) is 5.56 Å². The van der Waals surface area contributed by atoms with Gasteiger partial charge < -0.3 is 10.2 Å². The molecular formula is C19H18N2O. The smallest absolute Gasteiger partial charge is 0.134 e. The van der Waals surface area contributed by atoms with Gasteiger partial charge in [0.1, 0.15) is 17.4 Å². The van der Waals surface area contributed by atoms with Crippen LogP contribution in [0.25, 0.3) is 22.6 Å². The number of aryl methyl sites for hydroxylation is 1. The molecule has 2 aromatic carbocycles. The van der Waals surface area contributed by atoms with Gasteiger partial charge in [0.05, 0.1) is 0 Å². The first-order valence-electron chi connectivity index (χ1n) is 7.31. The zero-order valence-corrected chi connectivity index (χ0v) is 12.5. The van der Waals surface area contributed by atoms with Gasteiger partial charge in [0.15, 0.2) is 0 Å². The molecule has 1 aromatic heterocycles. The van der Waals surface area contributed by atoms with E-state index in [9.17, 15) is 0 Å². The third-order valence-electron chi connectivity index (χ3n) is 3.73. The lowest BCUT2D eigenvalue weighted by molar-refractivity contribution is 0.597. The van der Waals surface area contributed by atoms with Gasteiger partial charge in [-0.2, -0.15) is 0 Å². The predicted molar refractivity (Wildman–Crippen MR) is 90.0 cm³/mol. The van der Waals surface area contributed by atoms with Gasteiger partial charge in [-0.05, 0) is 24.1 Å². The van der Waals surface area contributed by atoms with Crippen molar-refractivity contribution >= 4 is 5.84 Å². The van der Waals surface area contributed by atoms with Crippen LogP contribution in [-0.2, 0) is 6.42 Å². The molecule has 22 heavy (non-hydrogen) atoms. The fourth-order valence-corrected chi connectivity index (χ4v) is 2.37. The number of rotatable bonds is 4. The van der Waals surface area contributed by atoms with Gasteiger partial charge in [-0.15, -0.1) is 0 Å². The fourth-order valence-electron chi connectivity index (χ4n) is 2.37. The van der Waals surface area contributed by atoms with Crippen molar-refractivity contribution < 1.29 is 4.42 Å². The highest BCUT2D eigenvalue weighted by Gasteiger charge is 2.07. The second-order valence-electron chi connectivity index (χ2n) is 5.21. The van der Waals surface area contributed by atoms with Gasteiger partial charge in [-0.1, -0.05) is 55.5 Å². The largest absolute Gasteiger partial charge is 0.456 e. The fraction of sp³-hybridized carbons (Fsp3) is 0.105. The third kappa shape index (κ3) is 2.79. The van der Waals surface area contributed by atoms with Gasteiger partial charge in [-0.25, -0.2) is 0 Å². The topological polar surface area (TPSA) is 63.0 Å². The summed E-state index contributed by atoms with van der Waals surface area (Å²) in [5.41, 5.74) is 9.54. The Morgan fingerprint density at radius 2 is 1.36 bits per heavy atom. The summed E-state index contributed by atoms with van der Waals surface area (Å²) in [5, 5.41) is 7.41. The standard InChI is InChI=1S/C19H18N2O/c1-2-13-3-5-14(6-4-13)17-11-12-18(22-17)15-7-9-16(10-8-15)19(20)21/h3-12H,2H2,1H3,(H3,20,21). The number of hydrogen-bond donors (Lipinski definition) is 2. The molecule has 3 nitrogen and oxygen atoms in total. The van der Waals surface area contributed by atoms with E-state index in [1.807, 2.05) is 36.4 Å². The summed E-state index contributed by atoms with van der Waals surface area (Å²) in [6, 6.07) is 19.9. The average Bonchev–Trinajstić information content (AvgIpc) is 3.05. The minimum atomic E-state index is 0.0719. The Bertz CT molecular complexity index is 783. The maximum atomic E-state index is 7.41. The quantitative estimate of drug-likeness (QED) is 0.550. The van der Waals surface area contributed by atoms with E-state index in [0.29, 0.717) is 5.56 Å². The van der Waals surface area contributed by atoms with Crippen molar-refractivity contribution in [3.63, 3.8) is 0 Å². The Kier molecular flexibility index (Phi) is 3.79. The van der Waals surface area contributed by atoms with Crippen LogP contribution >= 0.6 is 0 Å². The summed E-state index contributed by atoms with van der Waals surface area (Å²) in [6.07, 6.45) is 1.03. The number of nitrogen functional groups attached to an aromatic ring is 1. The molecule has 0 radical (unpaired) electrons. The highest BCUT2D eigenvalue weighted by molar-refractivity contribution is 5.95. The zero-order chi connectivity index (χ0) is 15.5. The van der Waals surface area contributed by atoms with Crippen LogP contribution in [0.1, 0.15) is 18.1 Å². The maximum Gasteiger partial charge on any atom is 0.134 e. The Morgan fingerprint density at radius 3 is 1.82 bits per heavy atom. The van der Waals surface area contributed by atoms with Crippen molar-refractivity contribution in [3.05, 3.63) is 71.8 Å². The van der Waals surface area contributed by atoms with Crippen LogP contribution < -0.4 is 5.73 Å². The van der Waals surface area contributed by atoms with Crippen LogP contribution in [0.15, 0.2) is 65.1 Å². The molecule has 3 N–H and O–H groups in total. The molecule has 3 heteroatoms. The van der Waals surface area contributed by atoms with Gasteiger partial charge >= 0.3 is 0 Å². The van der Waals surface area contributed by atoms with Gasteiger partial charge in [-0.3, -0.25) is 5.41 Å². The summed E-state index contributed by atoms with van der Waals surface area (Å²) in [7, 11) is 0. The van der Waals surface area contributed by atoms with Crippen LogP contribution in [0, 0.1) is 5.41 Å². The van der Waals surface area contributed by atoms with Crippen molar-refractivity contribution in [3.8, 4) is 22.6 Å². The lowest BCUT2D eigenvalue weighted by Crippen LogP contribution is -2.10. The molecule has 0 aliphatic carbocycles. The average molecular weight is 290 g/mol. The van der Waals surface area contributed by atoms with E-state index in [4.69, 9.17) is 15.6 Å². The van der Waals surface area contributed by atoms with Gasteiger partial charge in [0.2, 0.25) is 0 Å². The van der Waals surface area contributed by atoms with E-state index >= 15 is 0 Å². The van der Waals surface area contributed by atoms with E-state index < -0.39 is 0 Å². The number of hydrogen-bond acceptors (Lipinski definition) is 2. The summed E-state index contributed by atoms with van der Waals surface area (Å²) in [6.45, 7) is 2.14. The monoisotopic (exact) mass is 290 g/mol. The summed E-state index contributed by atoms with van der Waals surface area (Å²) in [5.74, 6) is 1.74. The van der Waals surface area contributed by atoms with Crippen molar-refractivity contribution in [1.29, 1.82) is 5.41 Å². The van der Waals surface area contributed by atoms with Crippen LogP contribution in [-0.4, -0.2) is 5.84 Å². The van der Waals surface area contributed by atoms with Crippen LogP contribution in [0.4, 0.5) is 0 Å². The first-order chi connectivity index (χ1) is 10.7. The second kappa shape index (κ2) is 5.90. The van der Waals surface area contributed by atoms with Crippen LogP contribution in [0.3, 0.4) is 0 Å². The second-order valence-corrected chi connectivity index (χ2v) is 5.21. The molecule has 0 saturated heterocycles. The van der Waals surface area contributed by atoms with E-state index in [-0.39, 0.29) is 5.84 Å². The molecule has 3 aromatic rings. The number of furan rings is 1.